The highest BCUT2D eigenvalue weighted by molar-refractivity contribution is 5.79. The minimum absolute atomic E-state index is 0.115. The summed E-state index contributed by atoms with van der Waals surface area (Å²) in [6.45, 7) is 3.77. The summed E-state index contributed by atoms with van der Waals surface area (Å²) in [5.74, 6) is 0.986. The van der Waals surface area contributed by atoms with Crippen molar-refractivity contribution >= 4 is 0 Å². The Morgan fingerprint density at radius 2 is 1.03 bits per heavy atom. The Balaban J connectivity index is 1.95. The molecule has 0 fully saturated rings. The van der Waals surface area contributed by atoms with Crippen molar-refractivity contribution in [3.8, 4) is 34.3 Å². The quantitative estimate of drug-likeness (QED) is 0.420. The number of aromatic nitrogens is 4. The smallest absolute Gasteiger partial charge is 0.225 e. The minimum Gasteiger partial charge on any atom is -0.475 e. The predicted octanol–water partition coefficient (Wildman–Crippen LogP) is 3.08. The molecule has 166 valence electrons. The number of para-hydroxylation sites is 2. The fourth-order valence-corrected chi connectivity index (χ4v) is 3.63. The number of aryl methyl sites for hydroxylation is 2. The van der Waals surface area contributed by atoms with Crippen molar-refractivity contribution in [2.75, 3.05) is 26.4 Å². The van der Waals surface area contributed by atoms with Crippen LogP contribution < -0.4 is 9.47 Å². The van der Waals surface area contributed by atoms with Gasteiger partial charge in [0.25, 0.3) is 0 Å². The van der Waals surface area contributed by atoms with Crippen LogP contribution in [-0.4, -0.2) is 56.2 Å². The van der Waals surface area contributed by atoms with Gasteiger partial charge in [-0.1, -0.05) is 36.4 Å². The molecule has 2 heterocycles. The molecule has 0 saturated heterocycles. The molecular weight excluding hydrogens is 408 g/mol. The molecular formula is C24H26N4O4. The molecule has 0 saturated carbocycles. The number of hydrogen-bond acceptors (Lipinski definition) is 6. The van der Waals surface area contributed by atoms with Crippen LogP contribution in [0.15, 0.2) is 60.7 Å². The van der Waals surface area contributed by atoms with Crippen molar-refractivity contribution in [2.24, 2.45) is 0 Å². The van der Waals surface area contributed by atoms with E-state index in [1.54, 1.807) is 9.36 Å². The second kappa shape index (κ2) is 9.67. The van der Waals surface area contributed by atoms with Gasteiger partial charge in [-0.2, -0.15) is 10.2 Å². The van der Waals surface area contributed by atoms with Gasteiger partial charge >= 0.3 is 0 Å². The summed E-state index contributed by atoms with van der Waals surface area (Å²) in [5.41, 5.74) is 4.59. The van der Waals surface area contributed by atoms with E-state index in [4.69, 9.17) is 19.7 Å². The van der Waals surface area contributed by atoms with E-state index < -0.39 is 0 Å². The summed E-state index contributed by atoms with van der Waals surface area (Å²) in [7, 11) is 0. The van der Waals surface area contributed by atoms with Gasteiger partial charge in [0.1, 0.15) is 13.2 Å². The zero-order valence-electron chi connectivity index (χ0n) is 18.1. The first-order valence-electron chi connectivity index (χ1n) is 10.4. The Morgan fingerprint density at radius 1 is 0.656 bits per heavy atom. The maximum Gasteiger partial charge on any atom is 0.225 e. The minimum atomic E-state index is -0.130. The van der Waals surface area contributed by atoms with Gasteiger partial charge in [0.2, 0.25) is 11.8 Å². The van der Waals surface area contributed by atoms with Crippen molar-refractivity contribution in [1.82, 2.24) is 19.6 Å². The molecule has 4 rings (SSSR count). The van der Waals surface area contributed by atoms with Crippen LogP contribution in [0.2, 0.25) is 0 Å². The van der Waals surface area contributed by atoms with Crippen LogP contribution in [-0.2, 0) is 0 Å². The lowest BCUT2D eigenvalue weighted by molar-refractivity contribution is 0.192. The molecule has 0 unspecified atom stereocenters. The third-order valence-corrected chi connectivity index (χ3v) is 4.95. The molecule has 0 bridgehead atoms. The second-order valence-electron chi connectivity index (χ2n) is 7.17. The summed E-state index contributed by atoms with van der Waals surface area (Å²) in [4.78, 5) is 0. The van der Waals surface area contributed by atoms with Gasteiger partial charge in [-0.05, 0) is 38.1 Å². The standard InChI is InChI=1S/C24H26N4O4/c1-17-21(23(31-15-13-29)27(25-17)19-9-5-3-6-10-19)22-18(2)26-28(24(22)32-16-14-30)20-11-7-4-8-12-20/h3-12,29-30H,13-16H2,1-2H3. The largest absolute Gasteiger partial charge is 0.475 e. The van der Waals surface area contributed by atoms with Gasteiger partial charge < -0.3 is 19.7 Å². The summed E-state index contributed by atoms with van der Waals surface area (Å²) in [6, 6.07) is 19.3. The predicted molar refractivity (Wildman–Crippen MR) is 121 cm³/mol. The molecule has 0 aliphatic rings. The van der Waals surface area contributed by atoms with Crippen molar-refractivity contribution < 1.29 is 19.7 Å². The van der Waals surface area contributed by atoms with Crippen molar-refractivity contribution in [3.05, 3.63) is 72.1 Å². The van der Waals surface area contributed by atoms with E-state index in [0.29, 0.717) is 11.8 Å². The van der Waals surface area contributed by atoms with Crippen LogP contribution in [0.25, 0.3) is 22.5 Å². The fourth-order valence-electron chi connectivity index (χ4n) is 3.63. The molecule has 0 aliphatic carbocycles. The molecule has 8 nitrogen and oxygen atoms in total. The number of rotatable bonds is 9. The van der Waals surface area contributed by atoms with E-state index >= 15 is 0 Å². The highest BCUT2D eigenvalue weighted by atomic mass is 16.5. The van der Waals surface area contributed by atoms with Gasteiger partial charge in [0.05, 0.1) is 47.1 Å². The molecule has 0 atom stereocenters. The number of nitrogens with zero attached hydrogens (tertiary/aromatic N) is 4. The average molecular weight is 434 g/mol. The van der Waals surface area contributed by atoms with Crippen LogP contribution in [0.1, 0.15) is 11.4 Å². The number of ether oxygens (including phenoxy) is 2. The Hall–Kier alpha value is -3.62. The lowest BCUT2D eigenvalue weighted by Gasteiger charge is -2.13. The maximum atomic E-state index is 9.41. The van der Waals surface area contributed by atoms with Gasteiger partial charge in [-0.3, -0.25) is 0 Å². The van der Waals surface area contributed by atoms with E-state index in [1.165, 1.54) is 0 Å². The average Bonchev–Trinajstić information content (AvgIpc) is 3.32. The second-order valence-corrected chi connectivity index (χ2v) is 7.17. The fraction of sp³-hybridized carbons (Fsp3) is 0.250. The van der Waals surface area contributed by atoms with Crippen LogP contribution in [0.3, 0.4) is 0 Å². The van der Waals surface area contributed by atoms with Crippen molar-refractivity contribution in [1.29, 1.82) is 0 Å². The first-order valence-corrected chi connectivity index (χ1v) is 10.4. The Morgan fingerprint density at radius 3 is 1.38 bits per heavy atom. The first-order chi connectivity index (χ1) is 15.7. The zero-order valence-corrected chi connectivity index (χ0v) is 18.1. The van der Waals surface area contributed by atoms with E-state index in [2.05, 4.69) is 0 Å². The highest BCUT2D eigenvalue weighted by Gasteiger charge is 2.28. The molecule has 0 aliphatic heterocycles. The molecule has 8 heteroatoms. The molecule has 4 aromatic rings. The normalized spacial score (nSPS) is 11.0. The van der Waals surface area contributed by atoms with Crippen LogP contribution in [0.5, 0.6) is 11.8 Å². The molecule has 0 radical (unpaired) electrons. The highest BCUT2D eigenvalue weighted by Crippen LogP contribution is 2.43. The topological polar surface area (TPSA) is 94.6 Å². The Labute approximate surface area is 186 Å². The van der Waals surface area contributed by atoms with Gasteiger partial charge in [-0.15, -0.1) is 0 Å². The third-order valence-electron chi connectivity index (χ3n) is 4.95. The third kappa shape index (κ3) is 4.10. The number of aliphatic hydroxyl groups is 2. The summed E-state index contributed by atoms with van der Waals surface area (Å²) >= 11 is 0. The van der Waals surface area contributed by atoms with Gasteiger partial charge in [-0.25, -0.2) is 9.36 Å². The number of hydrogen-bond donors (Lipinski definition) is 2. The Kier molecular flexibility index (Phi) is 6.53. The lowest BCUT2D eigenvalue weighted by Crippen LogP contribution is -2.09. The van der Waals surface area contributed by atoms with Crippen molar-refractivity contribution in [2.45, 2.75) is 13.8 Å². The summed E-state index contributed by atoms with van der Waals surface area (Å²) in [5, 5.41) is 28.3. The van der Waals surface area contributed by atoms with Crippen molar-refractivity contribution in [3.63, 3.8) is 0 Å². The number of aliphatic hydroxyl groups excluding tert-OH is 2. The molecule has 0 amide bonds. The van der Waals surface area contributed by atoms with Gasteiger partial charge in [0.15, 0.2) is 0 Å². The number of benzene rings is 2. The summed E-state index contributed by atoms with van der Waals surface area (Å²) in [6.07, 6.45) is 0. The lowest BCUT2D eigenvalue weighted by atomic mass is 10.1. The van der Waals surface area contributed by atoms with E-state index in [9.17, 15) is 10.2 Å². The van der Waals surface area contributed by atoms with E-state index in [1.807, 2.05) is 74.5 Å². The Bertz CT molecular complexity index is 1080. The van der Waals surface area contributed by atoms with Crippen LogP contribution in [0, 0.1) is 13.8 Å². The molecule has 2 aromatic carbocycles. The van der Waals surface area contributed by atoms with E-state index in [0.717, 1.165) is 33.9 Å². The maximum absolute atomic E-state index is 9.41. The SMILES string of the molecule is Cc1nn(-c2ccccc2)c(OCCO)c1-c1c(C)nn(-c2ccccc2)c1OCCO. The molecule has 2 N–H and O–H groups in total. The molecule has 32 heavy (non-hydrogen) atoms. The van der Waals surface area contributed by atoms with Gasteiger partial charge in [0, 0.05) is 0 Å². The van der Waals surface area contributed by atoms with E-state index in [-0.39, 0.29) is 26.4 Å². The zero-order chi connectivity index (χ0) is 22.5. The van der Waals surface area contributed by atoms with Crippen LogP contribution >= 0.6 is 0 Å². The molecule has 0 spiro atoms. The monoisotopic (exact) mass is 434 g/mol. The molecule has 2 aromatic heterocycles. The summed E-state index contributed by atoms with van der Waals surface area (Å²) < 4.78 is 15.4. The van der Waals surface area contributed by atoms with Crippen LogP contribution in [0.4, 0.5) is 0 Å². The first kappa shape index (κ1) is 21.6.